The fourth-order valence-corrected chi connectivity index (χ4v) is 3.61. The Morgan fingerprint density at radius 3 is 2.68 bits per heavy atom. The fraction of sp³-hybridized carbons (Fsp3) is 0.350. The van der Waals surface area contributed by atoms with Crippen LogP contribution in [0.3, 0.4) is 0 Å². The van der Waals surface area contributed by atoms with Gasteiger partial charge in [0.25, 0.3) is 0 Å². The van der Waals surface area contributed by atoms with Crippen LogP contribution < -0.4 is 16.0 Å². The molecule has 130 valence electrons. The van der Waals surface area contributed by atoms with Gasteiger partial charge in [0.1, 0.15) is 5.84 Å². The van der Waals surface area contributed by atoms with Crippen LogP contribution in [0.2, 0.25) is 0 Å². The quantitative estimate of drug-likeness (QED) is 0.803. The zero-order chi connectivity index (χ0) is 17.1. The van der Waals surface area contributed by atoms with Gasteiger partial charge in [-0.1, -0.05) is 30.3 Å². The Kier molecular flexibility index (Phi) is 4.32. The number of hydrogen-bond acceptors (Lipinski definition) is 5. The molecule has 5 heteroatoms. The first-order valence-corrected chi connectivity index (χ1v) is 8.84. The highest BCUT2D eigenvalue weighted by molar-refractivity contribution is 6.00. The number of aliphatic imine (C=N–C) groups is 1. The average molecular weight is 336 g/mol. The minimum atomic E-state index is -0.165. The minimum absolute atomic E-state index is 0.165. The summed E-state index contributed by atoms with van der Waals surface area (Å²) in [6, 6.07) is 16.6. The van der Waals surface area contributed by atoms with Gasteiger partial charge in [-0.05, 0) is 23.8 Å². The molecule has 2 aliphatic heterocycles. The van der Waals surface area contributed by atoms with Crippen molar-refractivity contribution in [3.63, 3.8) is 0 Å². The Hall–Kier alpha value is -2.53. The summed E-state index contributed by atoms with van der Waals surface area (Å²) >= 11 is 0. The fourth-order valence-electron chi connectivity index (χ4n) is 3.61. The summed E-state index contributed by atoms with van der Waals surface area (Å²) in [5.74, 6) is 1.01. The Balaban J connectivity index is 1.63. The third-order valence-electron chi connectivity index (χ3n) is 5.04. The van der Waals surface area contributed by atoms with Gasteiger partial charge in [-0.15, -0.1) is 0 Å². The topological polar surface area (TPSA) is 57.7 Å². The number of ether oxygens (including phenoxy) is 1. The maximum Gasteiger partial charge on any atom is 0.129 e. The molecular weight excluding hydrogens is 312 g/mol. The molecule has 2 aromatic rings. The molecule has 1 saturated heterocycles. The van der Waals surface area contributed by atoms with Gasteiger partial charge in [0.15, 0.2) is 0 Å². The third-order valence-corrected chi connectivity index (χ3v) is 5.04. The standard InChI is InChI=1S/C20H24N4O/c1-21-16-7-3-2-6-15(16)14-22-19-20(10-12-25-13-11-20)24-18-9-5-4-8-17(18)23-19/h2-9,21,24H,10-14H2,1H3,(H,22,23). The molecule has 25 heavy (non-hydrogen) atoms. The van der Waals surface area contributed by atoms with Crippen LogP contribution in [0, 0.1) is 0 Å². The van der Waals surface area contributed by atoms with Gasteiger partial charge in [-0.3, -0.25) is 0 Å². The van der Waals surface area contributed by atoms with Gasteiger partial charge in [0.05, 0.1) is 16.9 Å². The van der Waals surface area contributed by atoms with Crippen molar-refractivity contribution in [2.45, 2.75) is 24.9 Å². The Morgan fingerprint density at radius 2 is 1.84 bits per heavy atom. The van der Waals surface area contributed by atoms with E-state index < -0.39 is 0 Å². The van der Waals surface area contributed by atoms with Crippen LogP contribution >= 0.6 is 0 Å². The summed E-state index contributed by atoms with van der Waals surface area (Å²) in [6.45, 7) is 2.24. The lowest BCUT2D eigenvalue weighted by Gasteiger charge is -2.42. The predicted molar refractivity (Wildman–Crippen MR) is 103 cm³/mol. The molecule has 2 aliphatic rings. The van der Waals surface area contributed by atoms with Crippen LogP contribution in [0.15, 0.2) is 53.5 Å². The molecule has 0 amide bonds. The largest absolute Gasteiger partial charge is 0.388 e. The molecule has 2 aromatic carbocycles. The Bertz CT molecular complexity index is 781. The normalized spacial score (nSPS) is 18.0. The van der Waals surface area contributed by atoms with E-state index in [-0.39, 0.29) is 5.54 Å². The Morgan fingerprint density at radius 1 is 1.08 bits per heavy atom. The van der Waals surface area contributed by atoms with Gasteiger partial charge >= 0.3 is 0 Å². The van der Waals surface area contributed by atoms with E-state index in [1.54, 1.807) is 0 Å². The van der Waals surface area contributed by atoms with Crippen LogP contribution in [-0.2, 0) is 11.3 Å². The second-order valence-corrected chi connectivity index (χ2v) is 6.56. The smallest absolute Gasteiger partial charge is 0.129 e. The van der Waals surface area contributed by atoms with Crippen molar-refractivity contribution in [3.8, 4) is 0 Å². The van der Waals surface area contributed by atoms with Crippen molar-refractivity contribution < 1.29 is 4.74 Å². The third kappa shape index (κ3) is 3.07. The number of fused-ring (bicyclic) bond motifs is 1. The monoisotopic (exact) mass is 336 g/mol. The van der Waals surface area contributed by atoms with Gasteiger partial charge in [0.2, 0.25) is 0 Å². The summed E-state index contributed by atoms with van der Waals surface area (Å²) in [4.78, 5) is 4.96. The number of nitrogens with one attached hydrogen (secondary N) is 3. The van der Waals surface area contributed by atoms with E-state index in [2.05, 4.69) is 52.3 Å². The molecule has 0 saturated carbocycles. The van der Waals surface area contributed by atoms with E-state index >= 15 is 0 Å². The van der Waals surface area contributed by atoms with Gasteiger partial charge < -0.3 is 20.7 Å². The number of benzene rings is 2. The van der Waals surface area contributed by atoms with E-state index in [9.17, 15) is 0 Å². The van der Waals surface area contributed by atoms with Crippen molar-refractivity contribution in [2.24, 2.45) is 4.99 Å². The molecule has 1 fully saturated rings. The van der Waals surface area contributed by atoms with E-state index in [4.69, 9.17) is 9.73 Å². The molecule has 0 aliphatic carbocycles. The molecule has 5 nitrogen and oxygen atoms in total. The lowest BCUT2D eigenvalue weighted by Crippen LogP contribution is -2.56. The summed E-state index contributed by atoms with van der Waals surface area (Å²) in [7, 11) is 1.95. The predicted octanol–water partition coefficient (Wildman–Crippen LogP) is 3.52. The highest BCUT2D eigenvalue weighted by atomic mass is 16.5. The Labute approximate surface area is 148 Å². The van der Waals surface area contributed by atoms with Gasteiger partial charge in [0, 0.05) is 45.3 Å². The average Bonchev–Trinajstić information content (AvgIpc) is 2.67. The van der Waals surface area contributed by atoms with E-state index in [0.29, 0.717) is 0 Å². The first kappa shape index (κ1) is 16.0. The number of hydrogen-bond donors (Lipinski definition) is 3. The maximum absolute atomic E-state index is 5.60. The van der Waals surface area contributed by atoms with E-state index in [1.165, 1.54) is 5.56 Å². The molecule has 0 unspecified atom stereocenters. The molecule has 0 aromatic heterocycles. The van der Waals surface area contributed by atoms with Crippen LogP contribution in [0.25, 0.3) is 0 Å². The van der Waals surface area contributed by atoms with Crippen LogP contribution in [0.1, 0.15) is 18.4 Å². The summed E-state index contributed by atoms with van der Waals surface area (Å²) < 4.78 is 5.60. The highest BCUT2D eigenvalue weighted by Crippen LogP contribution is 2.37. The van der Waals surface area contributed by atoms with Crippen molar-refractivity contribution in [3.05, 3.63) is 54.1 Å². The number of nitrogens with zero attached hydrogens (tertiary/aromatic N) is 1. The molecular formula is C20H24N4O. The summed E-state index contributed by atoms with van der Waals surface area (Å²) in [6.07, 6.45) is 1.84. The molecule has 2 heterocycles. The summed E-state index contributed by atoms with van der Waals surface area (Å²) in [5, 5.41) is 10.6. The molecule has 3 N–H and O–H groups in total. The van der Waals surface area contributed by atoms with Gasteiger partial charge in [-0.25, -0.2) is 4.99 Å². The highest BCUT2D eigenvalue weighted by Gasteiger charge is 2.40. The van der Waals surface area contributed by atoms with Crippen molar-refractivity contribution in [1.29, 1.82) is 0 Å². The van der Waals surface area contributed by atoms with Crippen LogP contribution in [0.5, 0.6) is 0 Å². The molecule has 0 radical (unpaired) electrons. The zero-order valence-electron chi connectivity index (χ0n) is 14.5. The van der Waals surface area contributed by atoms with E-state index in [1.807, 2.05) is 19.2 Å². The van der Waals surface area contributed by atoms with Crippen molar-refractivity contribution in [1.82, 2.24) is 5.32 Å². The molecule has 0 atom stereocenters. The van der Waals surface area contributed by atoms with Crippen molar-refractivity contribution in [2.75, 3.05) is 30.9 Å². The molecule has 4 rings (SSSR count). The van der Waals surface area contributed by atoms with Crippen LogP contribution in [0.4, 0.5) is 17.1 Å². The second-order valence-electron chi connectivity index (χ2n) is 6.56. The van der Waals surface area contributed by atoms with E-state index in [0.717, 1.165) is 55.5 Å². The second kappa shape index (κ2) is 6.76. The summed E-state index contributed by atoms with van der Waals surface area (Å²) in [5.41, 5.74) is 4.30. The molecule has 1 spiro atoms. The lowest BCUT2D eigenvalue weighted by atomic mass is 9.86. The zero-order valence-corrected chi connectivity index (χ0v) is 14.5. The molecule has 0 bridgehead atoms. The number of para-hydroxylation sites is 3. The first-order valence-electron chi connectivity index (χ1n) is 8.84. The maximum atomic E-state index is 5.60. The number of amidine groups is 1. The van der Waals surface area contributed by atoms with Crippen LogP contribution in [-0.4, -0.2) is 31.6 Å². The van der Waals surface area contributed by atoms with Crippen molar-refractivity contribution >= 4 is 22.9 Å². The van der Waals surface area contributed by atoms with Gasteiger partial charge in [-0.2, -0.15) is 0 Å². The SMILES string of the molecule is CNc1ccccc1CNC1=Nc2ccccc2NC12CCOCC2. The minimum Gasteiger partial charge on any atom is -0.388 e. The number of anilines is 2. The first-order chi connectivity index (χ1) is 12.3. The lowest BCUT2D eigenvalue weighted by molar-refractivity contribution is 0.0771. The number of rotatable bonds is 3.